The zero-order chi connectivity index (χ0) is 18.3. The molecule has 4 aromatic carbocycles. The fraction of sp³-hybridized carbons (Fsp3) is 0. The number of fused-ring (bicyclic) bond motifs is 3. The Morgan fingerprint density at radius 3 is 1.96 bits per heavy atom. The highest BCUT2D eigenvalue weighted by Crippen LogP contribution is 2.39. The third-order valence-electron chi connectivity index (χ3n) is 4.45. The van der Waals surface area contributed by atoms with E-state index >= 15 is 0 Å². The number of nitro benzene ring substituents is 2. The molecule has 0 fully saturated rings. The zero-order valence-corrected chi connectivity index (χ0v) is 13.5. The van der Waals surface area contributed by atoms with Gasteiger partial charge in [0.1, 0.15) is 0 Å². The van der Waals surface area contributed by atoms with Crippen molar-refractivity contribution in [1.82, 2.24) is 0 Å². The Balaban J connectivity index is 2.11. The molecule has 0 aliphatic rings. The molecule has 6 nitrogen and oxygen atoms in total. The van der Waals surface area contributed by atoms with Crippen molar-refractivity contribution in [3.05, 3.63) is 93.0 Å². The highest BCUT2D eigenvalue weighted by molar-refractivity contribution is 6.14. The van der Waals surface area contributed by atoms with Gasteiger partial charge in [-0.2, -0.15) is 0 Å². The first-order chi connectivity index (χ1) is 12.6. The number of non-ortho nitro benzene ring substituents is 1. The SMILES string of the molecule is O=[N+]([O-])c1ccc(-c2cc3ccccc3c3ccccc23)c([N+](=O)[O-])c1. The lowest BCUT2D eigenvalue weighted by Gasteiger charge is -2.11. The first kappa shape index (κ1) is 15.7. The van der Waals surface area contributed by atoms with Crippen LogP contribution in [-0.4, -0.2) is 9.85 Å². The van der Waals surface area contributed by atoms with Crippen molar-refractivity contribution in [3.63, 3.8) is 0 Å². The predicted octanol–water partition coefficient (Wildman–Crippen LogP) is 5.48. The average molecular weight is 344 g/mol. The molecule has 0 aliphatic carbocycles. The highest BCUT2D eigenvalue weighted by atomic mass is 16.6. The van der Waals surface area contributed by atoms with Gasteiger partial charge in [0.25, 0.3) is 11.4 Å². The Bertz CT molecular complexity index is 1200. The molecule has 0 amide bonds. The van der Waals surface area contributed by atoms with Crippen molar-refractivity contribution in [3.8, 4) is 11.1 Å². The predicted molar refractivity (Wildman–Crippen MR) is 100 cm³/mol. The topological polar surface area (TPSA) is 86.3 Å². The quantitative estimate of drug-likeness (QED) is 0.280. The Kier molecular flexibility index (Phi) is 3.58. The van der Waals surface area contributed by atoms with Gasteiger partial charge in [0, 0.05) is 6.07 Å². The molecule has 0 atom stereocenters. The molecule has 0 bridgehead atoms. The van der Waals surface area contributed by atoms with Crippen molar-refractivity contribution < 1.29 is 9.85 Å². The van der Waals surface area contributed by atoms with E-state index in [0.717, 1.165) is 27.6 Å². The van der Waals surface area contributed by atoms with E-state index in [1.54, 1.807) is 0 Å². The summed E-state index contributed by atoms with van der Waals surface area (Å²) in [6.07, 6.45) is 0. The molecule has 4 rings (SSSR count). The normalized spacial score (nSPS) is 10.9. The molecular formula is C20H12N2O4. The van der Waals surface area contributed by atoms with E-state index in [2.05, 4.69) is 0 Å². The van der Waals surface area contributed by atoms with Crippen LogP contribution in [0.1, 0.15) is 0 Å². The van der Waals surface area contributed by atoms with Gasteiger partial charge in [-0.25, -0.2) is 0 Å². The van der Waals surface area contributed by atoms with Gasteiger partial charge >= 0.3 is 0 Å². The summed E-state index contributed by atoms with van der Waals surface area (Å²) in [5.41, 5.74) is 0.466. The Hall–Kier alpha value is -3.80. The molecule has 126 valence electrons. The van der Waals surface area contributed by atoms with Crippen LogP contribution >= 0.6 is 0 Å². The summed E-state index contributed by atoms with van der Waals surface area (Å²) >= 11 is 0. The summed E-state index contributed by atoms with van der Waals surface area (Å²) in [4.78, 5) is 21.3. The fourth-order valence-corrected chi connectivity index (χ4v) is 3.29. The third-order valence-corrected chi connectivity index (χ3v) is 4.45. The van der Waals surface area contributed by atoms with Crippen LogP contribution in [0.4, 0.5) is 11.4 Å². The largest absolute Gasteiger partial charge is 0.284 e. The van der Waals surface area contributed by atoms with Gasteiger partial charge in [-0.1, -0.05) is 48.5 Å². The van der Waals surface area contributed by atoms with Crippen molar-refractivity contribution in [2.24, 2.45) is 0 Å². The third kappa shape index (κ3) is 2.44. The van der Waals surface area contributed by atoms with Crippen molar-refractivity contribution in [1.29, 1.82) is 0 Å². The lowest BCUT2D eigenvalue weighted by Crippen LogP contribution is -1.96. The Morgan fingerprint density at radius 1 is 0.615 bits per heavy atom. The summed E-state index contributed by atoms with van der Waals surface area (Å²) in [7, 11) is 0. The molecule has 0 aromatic heterocycles. The maximum atomic E-state index is 11.6. The maximum Gasteiger partial charge on any atom is 0.284 e. The van der Waals surface area contributed by atoms with Crippen LogP contribution in [0.3, 0.4) is 0 Å². The van der Waals surface area contributed by atoms with Gasteiger partial charge < -0.3 is 0 Å². The summed E-state index contributed by atoms with van der Waals surface area (Å²) in [6.45, 7) is 0. The Morgan fingerprint density at radius 2 is 1.27 bits per heavy atom. The smallest absolute Gasteiger partial charge is 0.258 e. The molecular weight excluding hydrogens is 332 g/mol. The van der Waals surface area contributed by atoms with Gasteiger partial charge in [-0.05, 0) is 39.2 Å². The van der Waals surface area contributed by atoms with E-state index in [4.69, 9.17) is 0 Å². The average Bonchev–Trinajstić information content (AvgIpc) is 2.66. The number of nitrogens with zero attached hydrogens (tertiary/aromatic N) is 2. The van der Waals surface area contributed by atoms with Gasteiger partial charge in [0.05, 0.1) is 21.5 Å². The van der Waals surface area contributed by atoms with Gasteiger partial charge in [0.2, 0.25) is 0 Å². The first-order valence-corrected chi connectivity index (χ1v) is 7.90. The minimum Gasteiger partial charge on any atom is -0.258 e. The van der Waals surface area contributed by atoms with Crippen LogP contribution in [0.2, 0.25) is 0 Å². The molecule has 0 radical (unpaired) electrons. The van der Waals surface area contributed by atoms with Crippen LogP contribution in [0.25, 0.3) is 32.7 Å². The standard InChI is InChI=1S/C20H12N2O4/c23-21(24)14-9-10-18(20(12-14)22(25)26)19-11-13-5-1-2-6-15(13)16-7-3-4-8-17(16)19/h1-12H. The zero-order valence-electron chi connectivity index (χ0n) is 13.5. The second-order valence-electron chi connectivity index (χ2n) is 5.91. The van der Waals surface area contributed by atoms with E-state index in [9.17, 15) is 20.2 Å². The highest BCUT2D eigenvalue weighted by Gasteiger charge is 2.22. The van der Waals surface area contributed by atoms with E-state index in [0.29, 0.717) is 11.1 Å². The van der Waals surface area contributed by atoms with Gasteiger partial charge in [-0.3, -0.25) is 20.2 Å². The second-order valence-corrected chi connectivity index (χ2v) is 5.91. The van der Waals surface area contributed by atoms with Crippen molar-refractivity contribution >= 4 is 32.9 Å². The van der Waals surface area contributed by atoms with Crippen molar-refractivity contribution in [2.75, 3.05) is 0 Å². The minimum atomic E-state index is -0.630. The van der Waals surface area contributed by atoms with E-state index in [1.807, 2.05) is 54.6 Å². The minimum absolute atomic E-state index is 0.278. The molecule has 4 aromatic rings. The van der Waals surface area contributed by atoms with Crippen LogP contribution in [-0.2, 0) is 0 Å². The van der Waals surface area contributed by atoms with E-state index in [1.165, 1.54) is 12.1 Å². The molecule has 6 heteroatoms. The van der Waals surface area contributed by atoms with Crippen LogP contribution < -0.4 is 0 Å². The second kappa shape index (κ2) is 5.93. The van der Waals surface area contributed by atoms with E-state index in [-0.39, 0.29) is 11.4 Å². The number of hydrogen-bond acceptors (Lipinski definition) is 4. The number of rotatable bonds is 3. The summed E-state index contributed by atoms with van der Waals surface area (Å²) in [5.74, 6) is 0. The molecule has 26 heavy (non-hydrogen) atoms. The molecule has 0 unspecified atom stereocenters. The Labute approximate surface area is 147 Å². The first-order valence-electron chi connectivity index (χ1n) is 7.90. The molecule has 0 spiro atoms. The maximum absolute atomic E-state index is 11.6. The van der Waals surface area contributed by atoms with Crippen LogP contribution in [0.5, 0.6) is 0 Å². The summed E-state index contributed by atoms with van der Waals surface area (Å²) in [6, 6.07) is 21.1. The van der Waals surface area contributed by atoms with Crippen LogP contribution in [0.15, 0.2) is 72.8 Å². The number of hydrogen-bond donors (Lipinski definition) is 0. The lowest BCUT2D eigenvalue weighted by molar-refractivity contribution is -0.393. The lowest BCUT2D eigenvalue weighted by atomic mass is 9.92. The van der Waals surface area contributed by atoms with Gasteiger partial charge in [-0.15, -0.1) is 0 Å². The number of benzene rings is 4. The van der Waals surface area contributed by atoms with Gasteiger partial charge in [0.15, 0.2) is 0 Å². The molecule has 0 heterocycles. The van der Waals surface area contributed by atoms with E-state index < -0.39 is 9.85 Å². The molecule has 0 saturated heterocycles. The molecule has 0 saturated carbocycles. The van der Waals surface area contributed by atoms with Crippen molar-refractivity contribution in [2.45, 2.75) is 0 Å². The molecule has 0 aliphatic heterocycles. The van der Waals surface area contributed by atoms with Crippen LogP contribution in [0, 0.1) is 20.2 Å². The number of nitro groups is 2. The molecule has 0 N–H and O–H groups in total. The fourth-order valence-electron chi connectivity index (χ4n) is 3.29. The summed E-state index contributed by atoms with van der Waals surface area (Å²) < 4.78 is 0. The summed E-state index contributed by atoms with van der Waals surface area (Å²) in [5, 5.41) is 26.4. The monoisotopic (exact) mass is 344 g/mol.